The van der Waals surface area contributed by atoms with Crippen molar-refractivity contribution in [2.75, 3.05) is 44.4 Å². The molecule has 1 aromatic carbocycles. The molecule has 33 heavy (non-hydrogen) atoms. The highest BCUT2D eigenvalue weighted by molar-refractivity contribution is 7.89. The maximum Gasteiger partial charge on any atom is 0.275 e. The SMILES string of the molecule is Cc1[nH]c(C(=O)N2CCOc3ccc(S(=O)(=O)N4CCOCC4)cc32)c2c1C(=O)CCCC2. The van der Waals surface area contributed by atoms with Gasteiger partial charge in [-0.25, -0.2) is 8.42 Å². The number of hydrogen-bond acceptors (Lipinski definition) is 6. The van der Waals surface area contributed by atoms with Crippen molar-refractivity contribution in [2.24, 2.45) is 0 Å². The van der Waals surface area contributed by atoms with Gasteiger partial charge >= 0.3 is 0 Å². The zero-order chi connectivity index (χ0) is 23.2. The molecule has 9 nitrogen and oxygen atoms in total. The van der Waals surface area contributed by atoms with E-state index in [0.29, 0.717) is 74.1 Å². The number of H-pyrrole nitrogens is 1. The molecule has 1 aliphatic carbocycles. The van der Waals surface area contributed by atoms with E-state index in [1.54, 1.807) is 11.0 Å². The summed E-state index contributed by atoms with van der Waals surface area (Å²) >= 11 is 0. The fourth-order valence-electron chi connectivity index (χ4n) is 4.84. The summed E-state index contributed by atoms with van der Waals surface area (Å²) in [7, 11) is -3.72. The van der Waals surface area contributed by atoms with E-state index in [0.717, 1.165) is 18.4 Å². The molecule has 1 fully saturated rings. The Hall–Kier alpha value is -2.69. The van der Waals surface area contributed by atoms with E-state index in [2.05, 4.69) is 4.98 Å². The summed E-state index contributed by atoms with van der Waals surface area (Å²) in [5, 5.41) is 0. The lowest BCUT2D eigenvalue weighted by atomic mass is 10.0. The maximum atomic E-state index is 13.7. The smallest absolute Gasteiger partial charge is 0.275 e. The van der Waals surface area contributed by atoms with Gasteiger partial charge < -0.3 is 19.4 Å². The van der Waals surface area contributed by atoms with Gasteiger partial charge in [0.05, 0.1) is 30.3 Å². The standard InChI is InChI=1S/C23H27N3O6S/c1-15-21-17(4-2-3-5-19(21)27)22(24-15)23(28)26-10-13-32-20-7-6-16(14-18(20)26)33(29,30)25-8-11-31-12-9-25/h6-7,14,24H,2-5,8-13H2,1H3. The summed E-state index contributed by atoms with van der Waals surface area (Å²) in [5.74, 6) is 0.247. The molecular weight excluding hydrogens is 446 g/mol. The number of amides is 1. The first-order chi connectivity index (χ1) is 15.9. The molecule has 5 rings (SSSR count). The number of ether oxygens (including phenoxy) is 2. The zero-order valence-electron chi connectivity index (χ0n) is 18.6. The summed E-state index contributed by atoms with van der Waals surface area (Å²) in [6.45, 7) is 3.70. The van der Waals surface area contributed by atoms with Crippen molar-refractivity contribution in [3.63, 3.8) is 0 Å². The number of fused-ring (bicyclic) bond motifs is 2. The summed E-state index contributed by atoms with van der Waals surface area (Å²) in [4.78, 5) is 31.1. The number of rotatable bonds is 3. The monoisotopic (exact) mass is 473 g/mol. The van der Waals surface area contributed by atoms with Gasteiger partial charge in [0.25, 0.3) is 5.91 Å². The van der Waals surface area contributed by atoms with Crippen LogP contribution in [-0.2, 0) is 21.2 Å². The van der Waals surface area contributed by atoms with E-state index in [1.807, 2.05) is 6.92 Å². The molecule has 10 heteroatoms. The Morgan fingerprint density at radius 1 is 1.06 bits per heavy atom. The minimum absolute atomic E-state index is 0.0663. The fourth-order valence-corrected chi connectivity index (χ4v) is 6.27. The third-order valence-electron chi connectivity index (χ3n) is 6.51. The Labute approximate surface area is 192 Å². The van der Waals surface area contributed by atoms with E-state index < -0.39 is 10.0 Å². The quantitative estimate of drug-likeness (QED) is 0.685. The first-order valence-corrected chi connectivity index (χ1v) is 12.7. The molecule has 0 spiro atoms. The van der Waals surface area contributed by atoms with Gasteiger partial charge in [0.1, 0.15) is 18.1 Å². The summed E-state index contributed by atoms with van der Waals surface area (Å²) in [6, 6.07) is 4.63. The lowest BCUT2D eigenvalue weighted by Crippen LogP contribution is -2.41. The third-order valence-corrected chi connectivity index (χ3v) is 8.41. The van der Waals surface area contributed by atoms with Gasteiger partial charge in [-0.15, -0.1) is 0 Å². The van der Waals surface area contributed by atoms with E-state index in [1.165, 1.54) is 16.4 Å². The number of anilines is 1. The van der Waals surface area contributed by atoms with Gasteiger partial charge in [0.2, 0.25) is 10.0 Å². The number of carbonyl (C=O) groups excluding carboxylic acids is 2. The molecule has 1 aromatic heterocycles. The van der Waals surface area contributed by atoms with Gasteiger partial charge in [-0.3, -0.25) is 9.59 Å². The summed E-state index contributed by atoms with van der Waals surface area (Å²) < 4.78 is 38.7. The lowest BCUT2D eigenvalue weighted by molar-refractivity contribution is 0.0730. The predicted octanol–water partition coefficient (Wildman–Crippen LogP) is 2.29. The van der Waals surface area contributed by atoms with Crippen molar-refractivity contribution in [1.29, 1.82) is 0 Å². The Bertz CT molecular complexity index is 1210. The van der Waals surface area contributed by atoms with Crippen LogP contribution in [0.5, 0.6) is 5.75 Å². The Morgan fingerprint density at radius 3 is 2.61 bits per heavy atom. The van der Waals surface area contributed by atoms with Crippen LogP contribution in [0.25, 0.3) is 0 Å². The third kappa shape index (κ3) is 3.85. The van der Waals surface area contributed by atoms with Crippen LogP contribution < -0.4 is 9.64 Å². The molecule has 0 unspecified atom stereocenters. The number of aromatic nitrogens is 1. The first kappa shape index (κ1) is 22.1. The van der Waals surface area contributed by atoms with Crippen LogP contribution in [0.3, 0.4) is 0 Å². The van der Waals surface area contributed by atoms with Crippen LogP contribution >= 0.6 is 0 Å². The average molecular weight is 474 g/mol. The van der Waals surface area contributed by atoms with E-state index >= 15 is 0 Å². The zero-order valence-corrected chi connectivity index (χ0v) is 19.4. The number of morpholine rings is 1. The highest BCUT2D eigenvalue weighted by atomic mass is 32.2. The second-order valence-electron chi connectivity index (χ2n) is 8.56. The number of ketones is 1. The fraction of sp³-hybridized carbons (Fsp3) is 0.478. The first-order valence-electron chi connectivity index (χ1n) is 11.3. The molecular formula is C23H27N3O6S. The second-order valence-corrected chi connectivity index (χ2v) is 10.5. The maximum absolute atomic E-state index is 13.7. The number of hydrogen-bond donors (Lipinski definition) is 1. The minimum atomic E-state index is -3.72. The van der Waals surface area contributed by atoms with Crippen LogP contribution in [0.1, 0.15) is 51.4 Å². The lowest BCUT2D eigenvalue weighted by Gasteiger charge is -2.31. The van der Waals surface area contributed by atoms with Crippen LogP contribution in [0, 0.1) is 6.92 Å². The molecule has 0 bridgehead atoms. The van der Waals surface area contributed by atoms with Crippen molar-refractivity contribution in [2.45, 2.75) is 37.5 Å². The van der Waals surface area contributed by atoms with Crippen LogP contribution in [0.4, 0.5) is 5.69 Å². The number of aryl methyl sites for hydroxylation is 1. The largest absolute Gasteiger partial charge is 0.490 e. The molecule has 2 aromatic rings. The molecule has 3 heterocycles. The molecule has 2 aliphatic heterocycles. The molecule has 1 amide bonds. The predicted molar refractivity (Wildman–Crippen MR) is 121 cm³/mol. The minimum Gasteiger partial charge on any atom is -0.490 e. The van der Waals surface area contributed by atoms with E-state index in [9.17, 15) is 18.0 Å². The summed E-state index contributed by atoms with van der Waals surface area (Å²) in [5.41, 5.74) is 2.93. The topological polar surface area (TPSA) is 109 Å². The highest BCUT2D eigenvalue weighted by Gasteiger charge is 2.33. The van der Waals surface area contributed by atoms with Gasteiger partial charge in [-0.1, -0.05) is 0 Å². The molecule has 176 valence electrons. The van der Waals surface area contributed by atoms with Gasteiger partial charge in [-0.2, -0.15) is 4.31 Å². The average Bonchev–Trinajstić information content (AvgIpc) is 3.04. The van der Waals surface area contributed by atoms with E-state index in [4.69, 9.17) is 9.47 Å². The second kappa shape index (κ2) is 8.58. The number of Topliss-reactive ketones (excluding diaryl/α,β-unsaturated/α-hetero) is 1. The molecule has 0 saturated carbocycles. The summed E-state index contributed by atoms with van der Waals surface area (Å²) in [6.07, 6.45) is 2.80. The van der Waals surface area contributed by atoms with Gasteiger partial charge in [-0.05, 0) is 49.9 Å². The van der Waals surface area contributed by atoms with Crippen LogP contribution in [0.2, 0.25) is 0 Å². The molecule has 1 saturated heterocycles. The Morgan fingerprint density at radius 2 is 1.82 bits per heavy atom. The Kier molecular flexibility index (Phi) is 5.75. The van der Waals surface area contributed by atoms with Crippen molar-refractivity contribution >= 4 is 27.4 Å². The Balaban J connectivity index is 1.53. The molecule has 0 atom stereocenters. The van der Waals surface area contributed by atoms with Crippen LogP contribution in [-0.4, -0.2) is 68.9 Å². The van der Waals surface area contributed by atoms with Crippen molar-refractivity contribution in [3.8, 4) is 5.75 Å². The molecule has 1 N–H and O–H groups in total. The van der Waals surface area contributed by atoms with Crippen LogP contribution in [0.15, 0.2) is 23.1 Å². The molecule has 3 aliphatic rings. The number of carbonyl (C=O) groups is 2. The number of aromatic amines is 1. The number of sulfonamides is 1. The van der Waals surface area contributed by atoms with Gasteiger partial charge in [0.15, 0.2) is 5.78 Å². The van der Waals surface area contributed by atoms with Gasteiger partial charge in [0, 0.05) is 30.8 Å². The van der Waals surface area contributed by atoms with Crippen molar-refractivity contribution in [1.82, 2.24) is 9.29 Å². The van der Waals surface area contributed by atoms with Crippen molar-refractivity contribution < 1.29 is 27.5 Å². The molecule has 0 radical (unpaired) electrons. The van der Waals surface area contributed by atoms with Crippen molar-refractivity contribution in [3.05, 3.63) is 40.7 Å². The number of benzene rings is 1. The normalized spacial score (nSPS) is 19.4. The number of nitrogens with zero attached hydrogens (tertiary/aromatic N) is 2. The highest BCUT2D eigenvalue weighted by Crippen LogP contribution is 2.37. The van der Waals surface area contributed by atoms with E-state index in [-0.39, 0.29) is 23.1 Å². The number of nitrogens with one attached hydrogen (secondary N) is 1.